The van der Waals surface area contributed by atoms with E-state index in [1.54, 1.807) is 0 Å². The summed E-state index contributed by atoms with van der Waals surface area (Å²) >= 11 is 0. The van der Waals surface area contributed by atoms with Gasteiger partial charge in [-0.05, 0) is 117 Å². The third-order valence-corrected chi connectivity index (χ3v) is 11.5. The third-order valence-electron chi connectivity index (χ3n) is 11.5. The zero-order valence-corrected chi connectivity index (χ0v) is 30.7. The third kappa shape index (κ3) is 5.46. The van der Waals surface area contributed by atoms with E-state index >= 15 is 0 Å². The summed E-state index contributed by atoms with van der Waals surface area (Å²) in [6.45, 7) is 0.548. The lowest BCUT2D eigenvalue weighted by molar-refractivity contribution is 1.07. The van der Waals surface area contributed by atoms with Gasteiger partial charge in [0.2, 0.25) is 0 Å². The van der Waals surface area contributed by atoms with Crippen LogP contribution in [0.1, 0.15) is 11.1 Å². The van der Waals surface area contributed by atoms with Crippen LogP contribution in [0.2, 0.25) is 0 Å². The molecule has 0 heterocycles. The zero-order chi connectivity index (χ0) is 37.0. The van der Waals surface area contributed by atoms with Gasteiger partial charge in [0, 0.05) is 11.3 Å². The fourth-order valence-corrected chi connectivity index (χ4v) is 8.75. The van der Waals surface area contributed by atoms with Crippen molar-refractivity contribution in [1.29, 1.82) is 0 Å². The number of nitrogens with zero attached hydrogens (tertiary/aromatic N) is 1. The van der Waals surface area contributed by atoms with Gasteiger partial charge in [-0.25, -0.2) is 0 Å². The maximum absolute atomic E-state index is 5.31. The van der Waals surface area contributed by atoms with Crippen LogP contribution in [0, 0.1) is 0 Å². The van der Waals surface area contributed by atoms with E-state index in [-0.39, 0.29) is 0 Å². The summed E-state index contributed by atoms with van der Waals surface area (Å²) in [5.41, 5.74) is 13.2. The Balaban J connectivity index is 0.988. The lowest BCUT2D eigenvalue weighted by atomic mass is 9.89. The first-order valence-electron chi connectivity index (χ1n) is 19.3. The van der Waals surface area contributed by atoms with Crippen LogP contribution in [0.15, 0.2) is 205 Å². The second-order valence-corrected chi connectivity index (χ2v) is 14.8. The molecule has 0 aliphatic heterocycles. The number of amidine groups is 1. The number of rotatable bonds is 6. The van der Waals surface area contributed by atoms with E-state index in [1.807, 2.05) is 0 Å². The Hall–Kier alpha value is -7.29. The van der Waals surface area contributed by atoms with Gasteiger partial charge < -0.3 is 5.32 Å². The minimum atomic E-state index is 0.548. The largest absolute Gasteiger partial charge is 0.340 e. The molecule has 0 amide bonds. The quantitative estimate of drug-likeness (QED) is 0.0789. The fraction of sp³-hybridized carbons (Fsp3) is 0.0185. The predicted molar refractivity (Wildman–Crippen MR) is 239 cm³/mol. The molecule has 11 rings (SSSR count). The Morgan fingerprint density at radius 1 is 0.393 bits per heavy atom. The smallest absolute Gasteiger partial charge is 0.133 e. The maximum atomic E-state index is 5.31. The Labute approximate surface area is 326 Å². The monoisotopic (exact) mass is 712 g/mol. The molecule has 1 aliphatic rings. The van der Waals surface area contributed by atoms with E-state index in [2.05, 4.69) is 206 Å². The normalized spacial score (nSPS) is 12.1. The van der Waals surface area contributed by atoms with Crippen LogP contribution in [-0.2, 0) is 6.54 Å². The molecule has 10 aromatic carbocycles. The first-order chi connectivity index (χ1) is 27.7. The molecule has 56 heavy (non-hydrogen) atoms. The van der Waals surface area contributed by atoms with E-state index in [0.717, 1.165) is 17.1 Å². The SMILES string of the molecule is c1ccc(-c2ccc(NC(=NCc3ccc4c(c3)-c3cccc5cccc-4c35)c3ccc(-c4c5ccccc5cc5c4ccc4ccccc45)cc3)cc2)cc1. The van der Waals surface area contributed by atoms with Gasteiger partial charge in [0.05, 0.1) is 6.54 Å². The molecule has 0 aromatic heterocycles. The van der Waals surface area contributed by atoms with Gasteiger partial charge in [0.25, 0.3) is 0 Å². The first kappa shape index (κ1) is 32.2. The number of fused-ring (bicyclic) bond motifs is 7. The van der Waals surface area contributed by atoms with Crippen molar-refractivity contribution in [3.63, 3.8) is 0 Å². The van der Waals surface area contributed by atoms with Crippen LogP contribution in [0.4, 0.5) is 5.69 Å². The van der Waals surface area contributed by atoms with Gasteiger partial charge in [-0.1, -0.05) is 176 Å². The van der Waals surface area contributed by atoms with Gasteiger partial charge in [-0.3, -0.25) is 4.99 Å². The molecule has 0 atom stereocenters. The molecule has 2 heteroatoms. The molecular formula is C54H36N2. The molecule has 0 saturated carbocycles. The van der Waals surface area contributed by atoms with Crippen LogP contribution in [0.5, 0.6) is 0 Å². The summed E-state index contributed by atoms with van der Waals surface area (Å²) in [6, 6.07) is 72.5. The minimum Gasteiger partial charge on any atom is -0.340 e. The number of hydrogen-bond donors (Lipinski definition) is 1. The lowest BCUT2D eigenvalue weighted by Gasteiger charge is -2.16. The predicted octanol–water partition coefficient (Wildman–Crippen LogP) is 14.3. The first-order valence-corrected chi connectivity index (χ1v) is 19.3. The van der Waals surface area contributed by atoms with Crippen molar-refractivity contribution in [3.05, 3.63) is 211 Å². The minimum absolute atomic E-state index is 0.548. The van der Waals surface area contributed by atoms with Gasteiger partial charge in [0.15, 0.2) is 0 Å². The highest BCUT2D eigenvalue weighted by atomic mass is 15.0. The van der Waals surface area contributed by atoms with Crippen molar-refractivity contribution in [2.24, 2.45) is 4.99 Å². The van der Waals surface area contributed by atoms with Crippen molar-refractivity contribution < 1.29 is 0 Å². The average Bonchev–Trinajstić information content (AvgIpc) is 3.59. The highest BCUT2D eigenvalue weighted by Crippen LogP contribution is 2.47. The summed E-state index contributed by atoms with van der Waals surface area (Å²) in [7, 11) is 0. The van der Waals surface area contributed by atoms with Gasteiger partial charge >= 0.3 is 0 Å². The van der Waals surface area contributed by atoms with Gasteiger partial charge in [-0.15, -0.1) is 0 Å². The van der Waals surface area contributed by atoms with E-state index < -0.39 is 0 Å². The van der Waals surface area contributed by atoms with Crippen LogP contribution in [-0.4, -0.2) is 5.84 Å². The summed E-state index contributed by atoms with van der Waals surface area (Å²) < 4.78 is 0. The number of benzene rings is 10. The highest BCUT2D eigenvalue weighted by Gasteiger charge is 2.21. The standard InChI is InChI=1S/C54H36N2/c1-2-10-36(11-3-1)37-25-28-43(29-26-37)56-54(55-34-35-20-30-46-47-18-8-14-39-15-9-19-48(53(39)47)50(46)32-35)41-23-21-40(22-24-41)52-45-17-7-5-13-42(45)33-51-44-16-6-4-12-38(44)27-31-49(51)52/h1-33H,34H2,(H,55,56). The molecule has 1 N–H and O–H groups in total. The van der Waals surface area contributed by atoms with Crippen molar-refractivity contribution in [2.75, 3.05) is 5.32 Å². The van der Waals surface area contributed by atoms with Crippen LogP contribution < -0.4 is 5.32 Å². The fourth-order valence-electron chi connectivity index (χ4n) is 8.75. The lowest BCUT2D eigenvalue weighted by Crippen LogP contribution is -2.14. The number of aliphatic imine (C=N–C) groups is 1. The van der Waals surface area contributed by atoms with E-state index in [4.69, 9.17) is 4.99 Å². The zero-order valence-electron chi connectivity index (χ0n) is 30.7. The number of nitrogens with one attached hydrogen (secondary N) is 1. The molecule has 0 fully saturated rings. The van der Waals surface area contributed by atoms with Crippen molar-refractivity contribution in [3.8, 4) is 44.5 Å². The topological polar surface area (TPSA) is 24.4 Å². The van der Waals surface area contributed by atoms with Crippen LogP contribution in [0.25, 0.3) is 87.6 Å². The summed E-state index contributed by atoms with van der Waals surface area (Å²) in [5.74, 6) is 0.837. The van der Waals surface area contributed by atoms with Crippen LogP contribution >= 0.6 is 0 Å². The molecule has 262 valence electrons. The molecule has 0 radical (unpaired) electrons. The van der Waals surface area contributed by atoms with Crippen molar-refractivity contribution in [1.82, 2.24) is 0 Å². The summed E-state index contributed by atoms with van der Waals surface area (Å²) in [5, 5.41) is 13.9. The van der Waals surface area contributed by atoms with Crippen molar-refractivity contribution in [2.45, 2.75) is 6.54 Å². The molecular weight excluding hydrogens is 677 g/mol. The molecule has 1 aliphatic carbocycles. The second kappa shape index (κ2) is 13.2. The Bertz CT molecular complexity index is 3150. The van der Waals surface area contributed by atoms with E-state index in [0.29, 0.717) is 6.54 Å². The summed E-state index contributed by atoms with van der Waals surface area (Å²) in [4.78, 5) is 5.31. The highest BCUT2D eigenvalue weighted by molar-refractivity contribution is 6.20. The maximum Gasteiger partial charge on any atom is 0.133 e. The van der Waals surface area contributed by atoms with E-state index in [9.17, 15) is 0 Å². The molecule has 0 bridgehead atoms. The number of anilines is 1. The average molecular weight is 713 g/mol. The molecule has 2 nitrogen and oxygen atoms in total. The van der Waals surface area contributed by atoms with Crippen LogP contribution in [0.3, 0.4) is 0 Å². The Morgan fingerprint density at radius 2 is 1.05 bits per heavy atom. The number of hydrogen-bond acceptors (Lipinski definition) is 1. The Morgan fingerprint density at radius 3 is 1.86 bits per heavy atom. The van der Waals surface area contributed by atoms with E-state index in [1.165, 1.54) is 93.2 Å². The molecule has 0 spiro atoms. The van der Waals surface area contributed by atoms with Crippen molar-refractivity contribution >= 4 is 54.6 Å². The molecule has 0 unspecified atom stereocenters. The molecule has 0 saturated heterocycles. The Kier molecular flexibility index (Phi) is 7.60. The summed E-state index contributed by atoms with van der Waals surface area (Å²) in [6.07, 6.45) is 0. The molecule has 10 aromatic rings. The second-order valence-electron chi connectivity index (χ2n) is 14.8. The van der Waals surface area contributed by atoms with Gasteiger partial charge in [0.1, 0.15) is 5.84 Å². The van der Waals surface area contributed by atoms with Gasteiger partial charge in [-0.2, -0.15) is 0 Å².